The van der Waals surface area contributed by atoms with Crippen molar-refractivity contribution in [2.24, 2.45) is 11.8 Å². The van der Waals surface area contributed by atoms with E-state index in [2.05, 4.69) is 9.47 Å². The summed E-state index contributed by atoms with van der Waals surface area (Å²) < 4.78 is 101. The van der Waals surface area contributed by atoms with Crippen LogP contribution in [-0.2, 0) is 0 Å². The molecule has 0 unspecified atom stereocenters. The van der Waals surface area contributed by atoms with E-state index in [9.17, 15) is 30.7 Å². The van der Waals surface area contributed by atoms with Gasteiger partial charge in [-0.25, -0.2) is 8.78 Å². The van der Waals surface area contributed by atoms with Gasteiger partial charge in [-0.15, -0.1) is 0 Å². The first-order valence-electron chi connectivity index (χ1n) is 8.61. The average molecular weight is 412 g/mol. The molecule has 156 valence electrons. The number of hydrogen-bond acceptors (Lipinski definition) is 2. The first kappa shape index (κ1) is 22.1. The summed E-state index contributed by atoms with van der Waals surface area (Å²) in [6.45, 7) is 1.85. The van der Waals surface area contributed by atoms with Gasteiger partial charge < -0.3 is 9.47 Å². The minimum Gasteiger partial charge on any atom is -0.459 e. The molecule has 1 aromatic carbocycles. The lowest BCUT2D eigenvalue weighted by atomic mass is 9.81. The van der Waals surface area contributed by atoms with Gasteiger partial charge in [0.2, 0.25) is 0 Å². The molecule has 2 nitrogen and oxygen atoms in total. The Bertz CT molecular complexity index is 694. The first-order chi connectivity index (χ1) is 13.0. The van der Waals surface area contributed by atoms with E-state index >= 15 is 0 Å². The summed E-state index contributed by atoms with van der Waals surface area (Å²) in [4.78, 5) is 0. The van der Waals surface area contributed by atoms with Gasteiger partial charge in [0.05, 0.1) is 18.3 Å². The molecule has 1 fully saturated rings. The molecule has 1 saturated carbocycles. The van der Waals surface area contributed by atoms with Crippen molar-refractivity contribution < 1.29 is 40.2 Å². The van der Waals surface area contributed by atoms with Gasteiger partial charge in [-0.2, -0.15) is 22.0 Å². The lowest BCUT2D eigenvalue weighted by molar-refractivity contribution is -0.223. The van der Waals surface area contributed by atoms with Crippen molar-refractivity contribution >= 4 is 0 Å². The molecule has 0 atom stereocenters. The van der Waals surface area contributed by atoms with Gasteiger partial charge in [0, 0.05) is 12.1 Å². The standard InChI is InChI=1S/C19H19F7O2/c1-2-3-12-4-6-13(7-5-12)19(25,26)28-14-10-15(20)17(16(21)11-14)27-9-8-18(22,23)24/h2-3,8-13H,4-7H2,1H3/b3-2+,9-8+. The van der Waals surface area contributed by atoms with Crippen LogP contribution in [0.3, 0.4) is 0 Å². The normalized spacial score (nSPS) is 21.4. The Morgan fingerprint density at radius 3 is 2.04 bits per heavy atom. The van der Waals surface area contributed by atoms with Crippen molar-refractivity contribution in [3.8, 4) is 11.5 Å². The summed E-state index contributed by atoms with van der Waals surface area (Å²) in [7, 11) is 0. The predicted molar refractivity (Wildman–Crippen MR) is 88.0 cm³/mol. The maximum atomic E-state index is 14.4. The molecule has 0 aliphatic heterocycles. The van der Waals surface area contributed by atoms with Crippen molar-refractivity contribution in [2.75, 3.05) is 0 Å². The summed E-state index contributed by atoms with van der Waals surface area (Å²) in [5, 5.41) is 0. The monoisotopic (exact) mass is 412 g/mol. The second kappa shape index (κ2) is 8.87. The lowest BCUT2D eigenvalue weighted by Gasteiger charge is -2.32. The molecule has 1 aliphatic carbocycles. The Morgan fingerprint density at radius 1 is 0.964 bits per heavy atom. The minimum atomic E-state index is -4.73. The second-order valence-corrected chi connectivity index (χ2v) is 6.48. The molecule has 0 saturated heterocycles. The van der Waals surface area contributed by atoms with Crippen LogP contribution in [-0.4, -0.2) is 12.3 Å². The van der Waals surface area contributed by atoms with Crippen molar-refractivity contribution in [1.29, 1.82) is 0 Å². The van der Waals surface area contributed by atoms with E-state index in [1.165, 1.54) is 0 Å². The van der Waals surface area contributed by atoms with Gasteiger partial charge >= 0.3 is 12.3 Å². The predicted octanol–water partition coefficient (Wildman–Crippen LogP) is 6.77. The van der Waals surface area contributed by atoms with E-state index in [1.807, 2.05) is 19.1 Å². The van der Waals surface area contributed by atoms with Crippen LogP contribution < -0.4 is 9.47 Å². The van der Waals surface area contributed by atoms with Crippen LogP contribution in [0.1, 0.15) is 32.6 Å². The highest BCUT2D eigenvalue weighted by Crippen LogP contribution is 2.41. The number of hydrogen-bond donors (Lipinski definition) is 0. The third-order valence-electron chi connectivity index (χ3n) is 4.38. The van der Waals surface area contributed by atoms with E-state index in [0.717, 1.165) is 0 Å². The third kappa shape index (κ3) is 6.17. The third-order valence-corrected chi connectivity index (χ3v) is 4.38. The zero-order valence-corrected chi connectivity index (χ0v) is 14.9. The second-order valence-electron chi connectivity index (χ2n) is 6.48. The SMILES string of the molecule is C/C=C/C1CCC(C(F)(F)Oc2cc(F)c(O/C=C/C(F)(F)F)c(F)c2)CC1. The van der Waals surface area contributed by atoms with Gasteiger partial charge in [-0.3, -0.25) is 0 Å². The molecule has 1 aliphatic rings. The van der Waals surface area contributed by atoms with Crippen molar-refractivity contribution in [2.45, 2.75) is 44.9 Å². The molecule has 1 aromatic rings. The Labute approximate surface area is 157 Å². The fraction of sp³-hybridized carbons (Fsp3) is 0.474. The van der Waals surface area contributed by atoms with E-state index in [4.69, 9.17) is 0 Å². The van der Waals surface area contributed by atoms with Crippen LogP contribution in [0.15, 0.2) is 36.6 Å². The number of benzene rings is 1. The minimum absolute atomic E-state index is 0.0554. The van der Waals surface area contributed by atoms with Gasteiger partial charge in [0.1, 0.15) is 5.75 Å². The first-order valence-corrected chi connectivity index (χ1v) is 8.61. The molecule has 0 radical (unpaired) electrons. The number of allylic oxidation sites excluding steroid dienone is 3. The maximum absolute atomic E-state index is 14.4. The van der Waals surface area contributed by atoms with Crippen LogP contribution >= 0.6 is 0 Å². The molecule has 2 rings (SSSR count). The molecule has 0 amide bonds. The van der Waals surface area contributed by atoms with Crippen molar-refractivity contribution in [3.05, 3.63) is 48.3 Å². The lowest BCUT2D eigenvalue weighted by Crippen LogP contribution is -2.37. The smallest absolute Gasteiger partial charge is 0.412 e. The fourth-order valence-electron chi connectivity index (χ4n) is 3.05. The highest BCUT2D eigenvalue weighted by molar-refractivity contribution is 5.35. The van der Waals surface area contributed by atoms with E-state index in [1.54, 1.807) is 0 Å². The number of halogens is 7. The molecule has 0 heterocycles. The summed E-state index contributed by atoms with van der Waals surface area (Å²) in [6, 6.07) is 0.887. The van der Waals surface area contributed by atoms with Crippen LogP contribution in [0, 0.1) is 23.5 Å². The van der Waals surface area contributed by atoms with Crippen molar-refractivity contribution in [1.82, 2.24) is 0 Å². The molecule has 28 heavy (non-hydrogen) atoms. The summed E-state index contributed by atoms with van der Waals surface area (Å²) in [6.07, 6.45) is -3.39. The summed E-state index contributed by atoms with van der Waals surface area (Å²) in [5.74, 6) is -5.74. The van der Waals surface area contributed by atoms with E-state index in [-0.39, 0.29) is 31.1 Å². The Morgan fingerprint density at radius 2 is 1.54 bits per heavy atom. The number of rotatable bonds is 6. The molecule has 9 heteroatoms. The van der Waals surface area contributed by atoms with Crippen LogP contribution in [0.25, 0.3) is 0 Å². The van der Waals surface area contributed by atoms with Crippen LogP contribution in [0.5, 0.6) is 11.5 Å². The van der Waals surface area contributed by atoms with Gasteiger partial charge in [0.15, 0.2) is 17.4 Å². The number of alkyl halides is 5. The maximum Gasteiger partial charge on any atom is 0.412 e. The summed E-state index contributed by atoms with van der Waals surface area (Å²) >= 11 is 0. The largest absolute Gasteiger partial charge is 0.459 e. The Hall–Kier alpha value is -2.19. The van der Waals surface area contributed by atoms with Crippen molar-refractivity contribution in [3.63, 3.8) is 0 Å². The quantitative estimate of drug-likeness (QED) is 0.292. The molecule has 0 bridgehead atoms. The Kier molecular flexibility index (Phi) is 7.01. The zero-order chi connectivity index (χ0) is 20.9. The fourth-order valence-corrected chi connectivity index (χ4v) is 3.05. The number of ether oxygens (including phenoxy) is 2. The topological polar surface area (TPSA) is 18.5 Å². The highest BCUT2D eigenvalue weighted by atomic mass is 19.4. The molecule has 0 N–H and O–H groups in total. The van der Waals surface area contributed by atoms with Gasteiger partial charge in [-0.05, 0) is 38.5 Å². The van der Waals surface area contributed by atoms with Gasteiger partial charge in [0.25, 0.3) is 0 Å². The van der Waals surface area contributed by atoms with E-state index in [0.29, 0.717) is 25.0 Å². The van der Waals surface area contributed by atoms with E-state index < -0.39 is 41.3 Å². The van der Waals surface area contributed by atoms with Crippen LogP contribution in [0.2, 0.25) is 0 Å². The average Bonchev–Trinajstić information content (AvgIpc) is 2.57. The highest BCUT2D eigenvalue weighted by Gasteiger charge is 2.44. The van der Waals surface area contributed by atoms with Crippen LogP contribution in [0.4, 0.5) is 30.7 Å². The Balaban J connectivity index is 2.06. The molecule has 0 spiro atoms. The zero-order valence-electron chi connectivity index (χ0n) is 14.9. The van der Waals surface area contributed by atoms with Gasteiger partial charge in [-0.1, -0.05) is 12.2 Å². The molecular formula is C19H19F7O2. The molecule has 0 aromatic heterocycles. The molecular weight excluding hydrogens is 393 g/mol. The summed E-state index contributed by atoms with van der Waals surface area (Å²) in [5.41, 5.74) is 0.